The molecule has 0 aliphatic carbocycles. The lowest BCUT2D eigenvalue weighted by atomic mass is 9.92. The summed E-state index contributed by atoms with van der Waals surface area (Å²) in [5.41, 5.74) is 6.87. The van der Waals surface area contributed by atoms with Gasteiger partial charge in [-0.25, -0.2) is 0 Å². The van der Waals surface area contributed by atoms with E-state index >= 15 is 0 Å². The number of rotatable bonds is 3. The van der Waals surface area contributed by atoms with Crippen LogP contribution < -0.4 is 5.73 Å². The van der Waals surface area contributed by atoms with Gasteiger partial charge in [-0.15, -0.1) is 0 Å². The van der Waals surface area contributed by atoms with Gasteiger partial charge in [-0.1, -0.05) is 6.07 Å². The second-order valence-corrected chi connectivity index (χ2v) is 5.17. The van der Waals surface area contributed by atoms with E-state index in [4.69, 9.17) is 5.73 Å². The highest BCUT2D eigenvalue weighted by Gasteiger charge is 2.24. The molecule has 2 heterocycles. The molecule has 1 fully saturated rings. The Morgan fingerprint density at radius 1 is 1.63 bits per heavy atom. The van der Waals surface area contributed by atoms with E-state index in [-0.39, 0.29) is 11.9 Å². The van der Waals surface area contributed by atoms with Crippen LogP contribution in [0.3, 0.4) is 0 Å². The van der Waals surface area contributed by atoms with Crippen LogP contribution in [-0.4, -0.2) is 34.9 Å². The van der Waals surface area contributed by atoms with Gasteiger partial charge in [0.2, 0.25) is 5.91 Å². The Morgan fingerprint density at radius 3 is 3.16 bits per heavy atom. The Hall–Kier alpha value is -1.68. The molecule has 2 unspecified atom stereocenters. The number of nitrogens with zero attached hydrogens (tertiary/aromatic N) is 2. The van der Waals surface area contributed by atoms with Crippen molar-refractivity contribution in [3.05, 3.63) is 36.2 Å². The molecule has 1 amide bonds. The molecule has 1 aromatic rings. The lowest BCUT2D eigenvalue weighted by Gasteiger charge is -2.34. The summed E-state index contributed by atoms with van der Waals surface area (Å²) in [6.07, 6.45) is 9.06. The van der Waals surface area contributed by atoms with Crippen LogP contribution in [0.4, 0.5) is 0 Å². The SMILES string of the molecule is CC(N)C1CCCN(C(=O)C=Cc2cccnc2)C1. The van der Waals surface area contributed by atoms with Crippen molar-refractivity contribution in [2.45, 2.75) is 25.8 Å². The van der Waals surface area contributed by atoms with Crippen molar-refractivity contribution in [1.82, 2.24) is 9.88 Å². The van der Waals surface area contributed by atoms with E-state index in [0.717, 1.165) is 31.5 Å². The quantitative estimate of drug-likeness (QED) is 0.840. The van der Waals surface area contributed by atoms with Crippen molar-refractivity contribution in [2.75, 3.05) is 13.1 Å². The molecule has 0 bridgehead atoms. The van der Waals surface area contributed by atoms with Crippen molar-refractivity contribution in [1.29, 1.82) is 0 Å². The summed E-state index contributed by atoms with van der Waals surface area (Å²) in [6, 6.07) is 3.94. The molecular formula is C15H21N3O. The first kappa shape index (κ1) is 13.7. The minimum Gasteiger partial charge on any atom is -0.339 e. The summed E-state index contributed by atoms with van der Waals surface area (Å²) in [7, 11) is 0. The Bertz CT molecular complexity index is 442. The minimum absolute atomic E-state index is 0.0641. The maximum absolute atomic E-state index is 12.1. The van der Waals surface area contributed by atoms with Crippen LogP contribution in [0.1, 0.15) is 25.3 Å². The standard InChI is InChI=1S/C15H21N3O/c1-12(16)14-5-3-9-18(11-14)15(19)7-6-13-4-2-8-17-10-13/h2,4,6-8,10,12,14H,3,5,9,11,16H2,1H3. The van der Waals surface area contributed by atoms with Gasteiger partial charge in [0, 0.05) is 37.6 Å². The van der Waals surface area contributed by atoms with Gasteiger partial charge in [0.05, 0.1) is 0 Å². The number of pyridine rings is 1. The molecule has 2 rings (SSSR count). The monoisotopic (exact) mass is 259 g/mol. The molecule has 1 aromatic heterocycles. The van der Waals surface area contributed by atoms with Crippen molar-refractivity contribution in [3.8, 4) is 0 Å². The molecule has 4 heteroatoms. The van der Waals surface area contributed by atoms with Crippen LogP contribution in [0.25, 0.3) is 6.08 Å². The van der Waals surface area contributed by atoms with Crippen molar-refractivity contribution in [3.63, 3.8) is 0 Å². The van der Waals surface area contributed by atoms with Crippen molar-refractivity contribution < 1.29 is 4.79 Å². The van der Waals surface area contributed by atoms with E-state index in [1.807, 2.05) is 30.0 Å². The first-order valence-corrected chi connectivity index (χ1v) is 6.79. The predicted molar refractivity (Wildman–Crippen MR) is 76.2 cm³/mol. The predicted octanol–water partition coefficient (Wildman–Crippen LogP) is 1.68. The van der Waals surface area contributed by atoms with Gasteiger partial charge >= 0.3 is 0 Å². The molecule has 0 saturated carbocycles. The van der Waals surface area contributed by atoms with Gasteiger partial charge in [-0.3, -0.25) is 9.78 Å². The normalized spacial score (nSPS) is 21.6. The summed E-state index contributed by atoms with van der Waals surface area (Å²) in [6.45, 7) is 3.62. The molecule has 19 heavy (non-hydrogen) atoms. The van der Waals surface area contributed by atoms with Gasteiger partial charge in [-0.2, -0.15) is 0 Å². The summed E-state index contributed by atoms with van der Waals surface area (Å²) in [5, 5.41) is 0. The zero-order chi connectivity index (χ0) is 13.7. The smallest absolute Gasteiger partial charge is 0.246 e. The zero-order valence-electron chi connectivity index (χ0n) is 11.3. The van der Waals surface area contributed by atoms with Gasteiger partial charge in [-0.05, 0) is 43.4 Å². The van der Waals surface area contributed by atoms with Crippen LogP contribution >= 0.6 is 0 Å². The number of amides is 1. The molecule has 2 N–H and O–H groups in total. The summed E-state index contributed by atoms with van der Waals surface area (Å²) >= 11 is 0. The third-order valence-electron chi connectivity index (χ3n) is 3.62. The Kier molecular flexibility index (Phi) is 4.68. The fourth-order valence-corrected chi connectivity index (χ4v) is 2.39. The van der Waals surface area contributed by atoms with Crippen molar-refractivity contribution >= 4 is 12.0 Å². The third kappa shape index (κ3) is 3.89. The average molecular weight is 259 g/mol. The maximum Gasteiger partial charge on any atom is 0.246 e. The molecule has 0 spiro atoms. The van der Waals surface area contributed by atoms with Gasteiger partial charge < -0.3 is 10.6 Å². The molecule has 1 aliphatic rings. The molecule has 102 valence electrons. The molecule has 1 saturated heterocycles. The van der Waals surface area contributed by atoms with Gasteiger partial charge in [0.15, 0.2) is 0 Å². The van der Waals surface area contributed by atoms with E-state index in [2.05, 4.69) is 4.98 Å². The first-order chi connectivity index (χ1) is 9.16. The topological polar surface area (TPSA) is 59.2 Å². The van der Waals surface area contributed by atoms with Crippen LogP contribution in [0, 0.1) is 5.92 Å². The van der Waals surface area contributed by atoms with Gasteiger partial charge in [0.25, 0.3) is 0 Å². The highest BCUT2D eigenvalue weighted by atomic mass is 16.2. The fourth-order valence-electron chi connectivity index (χ4n) is 2.39. The molecule has 1 aliphatic heterocycles. The maximum atomic E-state index is 12.1. The van der Waals surface area contributed by atoms with Crippen molar-refractivity contribution in [2.24, 2.45) is 11.7 Å². The highest BCUT2D eigenvalue weighted by Crippen LogP contribution is 2.19. The summed E-state index contributed by atoms with van der Waals surface area (Å²) < 4.78 is 0. The average Bonchev–Trinajstić information content (AvgIpc) is 2.46. The number of carbonyl (C=O) groups excluding carboxylic acids is 1. The molecule has 4 nitrogen and oxygen atoms in total. The van der Waals surface area contributed by atoms with E-state index in [0.29, 0.717) is 5.92 Å². The first-order valence-electron chi connectivity index (χ1n) is 6.79. The second kappa shape index (κ2) is 6.48. The number of piperidine rings is 1. The number of nitrogens with two attached hydrogens (primary N) is 1. The Morgan fingerprint density at radius 2 is 2.47 bits per heavy atom. The lowest BCUT2D eigenvalue weighted by Crippen LogP contribution is -2.44. The van der Waals surface area contributed by atoms with Crippen LogP contribution in [0.15, 0.2) is 30.6 Å². The highest BCUT2D eigenvalue weighted by molar-refractivity contribution is 5.91. The lowest BCUT2D eigenvalue weighted by molar-refractivity contribution is -0.127. The molecule has 0 aromatic carbocycles. The largest absolute Gasteiger partial charge is 0.339 e. The van der Waals surface area contributed by atoms with E-state index < -0.39 is 0 Å². The van der Waals surface area contributed by atoms with Gasteiger partial charge in [0.1, 0.15) is 0 Å². The molecule has 0 radical (unpaired) electrons. The summed E-state index contributed by atoms with van der Waals surface area (Å²) in [4.78, 5) is 18.0. The van der Waals surface area contributed by atoms with E-state index in [1.165, 1.54) is 0 Å². The molecule has 2 atom stereocenters. The number of carbonyl (C=O) groups is 1. The number of likely N-dealkylation sites (tertiary alicyclic amines) is 1. The van der Waals surface area contributed by atoms with Crippen LogP contribution in [0.5, 0.6) is 0 Å². The summed E-state index contributed by atoms with van der Waals surface area (Å²) in [5.74, 6) is 0.485. The third-order valence-corrected chi connectivity index (χ3v) is 3.62. The second-order valence-electron chi connectivity index (χ2n) is 5.17. The van der Waals surface area contributed by atoms with Crippen LogP contribution in [0.2, 0.25) is 0 Å². The molecular weight excluding hydrogens is 238 g/mol. The number of hydrogen-bond donors (Lipinski definition) is 1. The Balaban J connectivity index is 1.94. The minimum atomic E-state index is 0.0641. The fraction of sp³-hybridized carbons (Fsp3) is 0.467. The Labute approximate surface area is 114 Å². The number of aromatic nitrogens is 1. The zero-order valence-corrected chi connectivity index (χ0v) is 11.3. The van der Waals surface area contributed by atoms with Crippen LogP contribution in [-0.2, 0) is 4.79 Å². The van der Waals surface area contributed by atoms with E-state index in [1.54, 1.807) is 18.5 Å². The number of hydrogen-bond acceptors (Lipinski definition) is 3. The van der Waals surface area contributed by atoms with E-state index in [9.17, 15) is 4.79 Å².